The lowest BCUT2D eigenvalue weighted by Gasteiger charge is -2.43. The summed E-state index contributed by atoms with van der Waals surface area (Å²) in [5.74, 6) is -1.41. The monoisotopic (exact) mass is 981 g/mol. The van der Waals surface area contributed by atoms with Crippen LogP contribution in [0.25, 0.3) is 0 Å². The van der Waals surface area contributed by atoms with Gasteiger partial charge >= 0.3 is 27.6 Å². The quantitative estimate of drug-likeness (QED) is 0.00951. The van der Waals surface area contributed by atoms with Gasteiger partial charge in [0.15, 0.2) is 6.10 Å². The topological polar surface area (TPSA) is 276 Å². The lowest BCUT2D eigenvalue weighted by atomic mass is 9.85. The molecule has 1 rings (SSSR count). The molecule has 0 bridgehead atoms. The van der Waals surface area contributed by atoms with E-state index in [1.165, 1.54) is 57.8 Å². The van der Waals surface area contributed by atoms with Crippen molar-refractivity contribution in [3.05, 3.63) is 60.8 Å². The normalized spacial score (nSPS) is 22.5. The first kappa shape index (κ1) is 61.7. The first-order valence-electron chi connectivity index (χ1n) is 23.9. The number of phosphoric acid groups is 2. The number of hydrogen-bond acceptors (Lipinski definition) is 14. The third-order valence-corrected chi connectivity index (χ3v) is 12.2. The van der Waals surface area contributed by atoms with Crippen LogP contribution >= 0.6 is 15.6 Å². The van der Waals surface area contributed by atoms with Gasteiger partial charge in [0, 0.05) is 12.8 Å². The first-order valence-corrected chi connectivity index (χ1v) is 27.0. The summed E-state index contributed by atoms with van der Waals surface area (Å²) in [6, 6.07) is 0. The molecule has 0 aromatic carbocycles. The molecule has 0 saturated heterocycles. The molecule has 0 aromatic heterocycles. The number of allylic oxidation sites excluding steroid dienone is 9. The molecule has 0 spiro atoms. The number of rotatable bonds is 39. The predicted octanol–water partition coefficient (Wildman–Crippen LogP) is 8.03. The highest BCUT2D eigenvalue weighted by molar-refractivity contribution is 7.47. The van der Waals surface area contributed by atoms with E-state index >= 15 is 0 Å². The van der Waals surface area contributed by atoms with Crippen molar-refractivity contribution >= 4 is 27.6 Å². The van der Waals surface area contributed by atoms with Gasteiger partial charge in [-0.2, -0.15) is 0 Å². The van der Waals surface area contributed by atoms with Crippen molar-refractivity contribution in [1.29, 1.82) is 0 Å². The Morgan fingerprint density at radius 3 is 1.71 bits per heavy atom. The Morgan fingerprint density at radius 2 is 1.11 bits per heavy atom. The summed E-state index contributed by atoms with van der Waals surface area (Å²) < 4.78 is 49.2. The second-order valence-electron chi connectivity index (χ2n) is 16.6. The molecule has 1 fully saturated rings. The predicted molar refractivity (Wildman–Crippen MR) is 252 cm³/mol. The average Bonchev–Trinajstić information content (AvgIpc) is 3.26. The summed E-state index contributed by atoms with van der Waals surface area (Å²) >= 11 is 0. The Kier molecular flexibility index (Phi) is 35.1. The van der Waals surface area contributed by atoms with Crippen LogP contribution in [0.1, 0.15) is 162 Å². The molecule has 19 heteroatoms. The number of ether oxygens (including phenoxy) is 2. The molecule has 5 unspecified atom stereocenters. The van der Waals surface area contributed by atoms with Crippen LogP contribution in [0.3, 0.4) is 0 Å². The fourth-order valence-electron chi connectivity index (χ4n) is 6.95. The van der Waals surface area contributed by atoms with Gasteiger partial charge in [0.1, 0.15) is 43.2 Å². The molecular weight excluding hydrogens is 898 g/mol. The van der Waals surface area contributed by atoms with E-state index in [-0.39, 0.29) is 25.7 Å². The Bertz CT molecular complexity index is 1530. The van der Waals surface area contributed by atoms with Gasteiger partial charge in [0.05, 0.1) is 12.7 Å². The third-order valence-electron chi connectivity index (χ3n) is 10.7. The lowest BCUT2D eigenvalue weighted by Crippen LogP contribution is -2.64. The van der Waals surface area contributed by atoms with Gasteiger partial charge in [-0.25, -0.2) is 9.13 Å². The molecule has 0 heterocycles. The molecule has 1 aliphatic carbocycles. The maximum Gasteiger partial charge on any atom is 0.472 e. The second-order valence-corrected chi connectivity index (χ2v) is 19.2. The third kappa shape index (κ3) is 31.7. The summed E-state index contributed by atoms with van der Waals surface area (Å²) in [6.07, 6.45) is 24.8. The minimum Gasteiger partial charge on any atom is -0.462 e. The number of esters is 2. The van der Waals surface area contributed by atoms with Gasteiger partial charge in [-0.05, 0) is 64.2 Å². The van der Waals surface area contributed by atoms with Crippen molar-refractivity contribution in [2.45, 2.75) is 210 Å². The fourth-order valence-corrected chi connectivity index (χ4v) is 8.49. The zero-order valence-corrected chi connectivity index (χ0v) is 41.0. The molecule has 1 aliphatic rings. The maximum atomic E-state index is 13.0. The molecule has 0 aliphatic heterocycles. The van der Waals surface area contributed by atoms with Crippen molar-refractivity contribution in [3.63, 3.8) is 0 Å². The minimum atomic E-state index is -5.39. The van der Waals surface area contributed by atoms with Crippen molar-refractivity contribution in [2.75, 3.05) is 13.2 Å². The Balaban J connectivity index is 2.68. The van der Waals surface area contributed by atoms with Crippen LogP contribution in [0.4, 0.5) is 0 Å². The number of aliphatic hydroxyl groups excluding tert-OH is 5. The highest BCUT2D eigenvalue weighted by atomic mass is 31.2. The van der Waals surface area contributed by atoms with Crippen LogP contribution < -0.4 is 0 Å². The van der Waals surface area contributed by atoms with Crippen LogP contribution in [-0.4, -0.2) is 114 Å². The summed E-state index contributed by atoms with van der Waals surface area (Å²) in [5, 5.41) is 51.6. The van der Waals surface area contributed by atoms with Crippen LogP contribution in [0.5, 0.6) is 0 Å². The largest absolute Gasteiger partial charge is 0.472 e. The second kappa shape index (κ2) is 37.5. The summed E-state index contributed by atoms with van der Waals surface area (Å²) in [5.41, 5.74) is 0. The van der Waals surface area contributed by atoms with Crippen molar-refractivity contribution in [2.24, 2.45) is 0 Å². The average molecular weight is 981 g/mol. The summed E-state index contributed by atoms with van der Waals surface area (Å²) in [7, 11) is -10.8. The molecule has 0 aromatic rings. The van der Waals surface area contributed by atoms with Gasteiger partial charge in [0.2, 0.25) is 0 Å². The molecule has 66 heavy (non-hydrogen) atoms. The number of phosphoric ester groups is 2. The number of aliphatic hydroxyl groups is 5. The van der Waals surface area contributed by atoms with Gasteiger partial charge in [-0.3, -0.25) is 23.2 Å². The molecule has 0 amide bonds. The summed E-state index contributed by atoms with van der Waals surface area (Å²) in [6.45, 7) is 2.83. The van der Waals surface area contributed by atoms with Gasteiger partial charge < -0.3 is 49.7 Å². The molecule has 17 nitrogen and oxygen atoms in total. The highest BCUT2D eigenvalue weighted by Gasteiger charge is 2.54. The van der Waals surface area contributed by atoms with Crippen molar-refractivity contribution in [3.8, 4) is 0 Å². The smallest absolute Gasteiger partial charge is 0.462 e. The van der Waals surface area contributed by atoms with Gasteiger partial charge in [0.25, 0.3) is 0 Å². The van der Waals surface area contributed by atoms with Crippen LogP contribution in [0, 0.1) is 0 Å². The van der Waals surface area contributed by atoms with E-state index in [0.717, 1.165) is 57.8 Å². The number of hydrogen-bond donors (Lipinski definition) is 8. The van der Waals surface area contributed by atoms with Gasteiger partial charge in [-0.1, -0.05) is 145 Å². The Morgan fingerprint density at radius 1 is 0.576 bits per heavy atom. The van der Waals surface area contributed by atoms with E-state index in [1.54, 1.807) is 12.2 Å². The van der Waals surface area contributed by atoms with E-state index < -0.39 is 89.6 Å². The highest BCUT2D eigenvalue weighted by Crippen LogP contribution is 2.49. The van der Waals surface area contributed by atoms with E-state index in [2.05, 4.69) is 54.8 Å². The Hall–Kier alpha value is -2.34. The molecule has 382 valence electrons. The van der Waals surface area contributed by atoms with E-state index in [4.69, 9.17) is 18.5 Å². The van der Waals surface area contributed by atoms with E-state index in [9.17, 15) is 58.9 Å². The Labute approximate surface area is 392 Å². The van der Waals surface area contributed by atoms with Gasteiger partial charge in [-0.15, -0.1) is 0 Å². The SMILES string of the molecule is CC/C=C\CCCCCCCCCCCCCC(=O)OC[C@H](COP(=O)(O)O[C@H]1C(O)C(O)C(O)[C@@H](OP(=O)(O)O)C1O)OC(=O)CCC[C@@H](O)/C=C/C=C\C/C=C\C/C=C\CCCCC. The molecular formula is C47H82O17P2. The number of carbonyl (C=O) groups excluding carboxylic acids is 2. The number of unbranched alkanes of at least 4 members (excludes halogenated alkanes) is 14. The van der Waals surface area contributed by atoms with E-state index in [0.29, 0.717) is 6.42 Å². The fraction of sp³-hybridized carbons (Fsp3) is 0.745. The number of carbonyl (C=O) groups is 2. The van der Waals surface area contributed by atoms with Crippen molar-refractivity contribution < 1.29 is 82.0 Å². The molecule has 8 N–H and O–H groups in total. The van der Waals surface area contributed by atoms with Crippen LogP contribution in [0.15, 0.2) is 60.8 Å². The minimum absolute atomic E-state index is 0.0776. The first-order chi connectivity index (χ1) is 31.5. The van der Waals surface area contributed by atoms with Crippen LogP contribution in [-0.2, 0) is 41.8 Å². The summed E-state index contributed by atoms with van der Waals surface area (Å²) in [4.78, 5) is 54.3. The lowest BCUT2D eigenvalue weighted by molar-refractivity contribution is -0.216. The van der Waals surface area contributed by atoms with Crippen molar-refractivity contribution in [1.82, 2.24) is 0 Å². The standard InChI is InChI=1S/C47H82O17P2/c1-3-5-7-9-11-13-15-17-18-20-22-24-26-28-30-34-40(49)60-36-39(37-61-66(58,59)64-47-44(53)42(51)43(52)46(45(47)54)63-65(55,56)57)62-41(50)35-31-33-38(48)32-29-27-25-23-21-19-16-14-12-10-8-6-4-2/h5,7,12,14,19,21,25,27,29,32,38-39,42-48,51-54H,3-4,6,8-11,13,15-18,20,22-24,26,28,30-31,33-37H2,1-2H3,(H,58,59)(H2,55,56,57)/b7-5-,14-12-,21-19-,27-25-,32-29+/t38-,39+,42?,43?,44?,45?,46+,47-/m0/s1. The van der Waals surface area contributed by atoms with Crippen LogP contribution in [0.2, 0.25) is 0 Å². The molecule has 9 atom stereocenters. The zero-order valence-electron chi connectivity index (χ0n) is 39.2. The maximum absolute atomic E-state index is 13.0. The van der Waals surface area contributed by atoms with E-state index in [1.807, 2.05) is 12.2 Å². The molecule has 0 radical (unpaired) electrons. The zero-order chi connectivity index (χ0) is 49.1. The molecule has 1 saturated carbocycles.